The summed E-state index contributed by atoms with van der Waals surface area (Å²) in [6.45, 7) is 6.54. The zero-order valence-corrected chi connectivity index (χ0v) is 14.5. The van der Waals surface area contributed by atoms with E-state index < -0.39 is 5.60 Å². The van der Waals surface area contributed by atoms with E-state index in [9.17, 15) is 14.7 Å². The second-order valence-electron chi connectivity index (χ2n) is 6.75. The van der Waals surface area contributed by atoms with Gasteiger partial charge in [0.25, 0.3) is 0 Å². The molecule has 0 unspecified atom stereocenters. The number of rotatable bonds is 2. The highest BCUT2D eigenvalue weighted by Crippen LogP contribution is 2.29. The van der Waals surface area contributed by atoms with Gasteiger partial charge in [0.1, 0.15) is 0 Å². The number of urea groups is 1. The highest BCUT2D eigenvalue weighted by molar-refractivity contribution is 7.16. The number of likely N-dealkylation sites (tertiary alicyclic amines) is 1. The van der Waals surface area contributed by atoms with Crippen molar-refractivity contribution >= 4 is 33.3 Å². The summed E-state index contributed by atoms with van der Waals surface area (Å²) in [5.41, 5.74) is 1.75. The van der Waals surface area contributed by atoms with Crippen LogP contribution in [0.4, 0.5) is 10.5 Å². The van der Waals surface area contributed by atoms with Crippen molar-refractivity contribution in [3.8, 4) is 0 Å². The molecule has 0 radical (unpaired) electrons. The maximum Gasteiger partial charge on any atom is 0.321 e. The lowest BCUT2D eigenvalue weighted by atomic mass is 9.85. The van der Waals surface area contributed by atoms with Gasteiger partial charge in [-0.3, -0.25) is 4.79 Å². The number of aryl methyl sites for hydroxylation is 2. The minimum Gasteiger partial charge on any atom is -0.390 e. The summed E-state index contributed by atoms with van der Waals surface area (Å²) in [5, 5.41) is 12.8. The molecule has 2 amide bonds. The smallest absolute Gasteiger partial charge is 0.321 e. The first-order valence-electron chi connectivity index (χ1n) is 7.55. The molecule has 1 aromatic heterocycles. The number of hydrogen-bond acceptors (Lipinski definition) is 4. The molecule has 7 heteroatoms. The van der Waals surface area contributed by atoms with Gasteiger partial charge in [-0.05, 0) is 38.5 Å². The van der Waals surface area contributed by atoms with E-state index in [1.807, 2.05) is 19.1 Å². The van der Waals surface area contributed by atoms with E-state index in [-0.39, 0.29) is 16.8 Å². The Hall–Kier alpha value is -1.86. The molecule has 1 aromatic carbocycles. The fourth-order valence-electron chi connectivity index (χ4n) is 2.70. The predicted molar refractivity (Wildman–Crippen MR) is 92.2 cm³/mol. The van der Waals surface area contributed by atoms with Crippen LogP contribution in [0.15, 0.2) is 16.9 Å². The number of carbonyl (C=O) groups is 1. The molecule has 0 bridgehead atoms. The van der Waals surface area contributed by atoms with Crippen LogP contribution in [0.25, 0.3) is 10.2 Å². The quantitative estimate of drug-likeness (QED) is 0.883. The average molecular weight is 335 g/mol. The van der Waals surface area contributed by atoms with Crippen LogP contribution in [0.5, 0.6) is 0 Å². The summed E-state index contributed by atoms with van der Waals surface area (Å²) in [6, 6.07) is 3.59. The molecular weight excluding hydrogens is 314 g/mol. The lowest BCUT2D eigenvalue weighted by Gasteiger charge is -2.45. The third-order valence-electron chi connectivity index (χ3n) is 4.55. The monoisotopic (exact) mass is 335 g/mol. The molecule has 2 aromatic rings. The van der Waals surface area contributed by atoms with Gasteiger partial charge in [-0.25, -0.2) is 4.79 Å². The number of hydrogen-bond donors (Lipinski definition) is 2. The number of anilines is 1. The summed E-state index contributed by atoms with van der Waals surface area (Å²) in [6.07, 6.45) is 0. The average Bonchev–Trinajstić information content (AvgIpc) is 2.62. The number of nitrogens with one attached hydrogen (secondary N) is 1. The first-order valence-corrected chi connectivity index (χ1v) is 8.37. The number of aromatic nitrogens is 1. The van der Waals surface area contributed by atoms with Crippen molar-refractivity contribution in [3.63, 3.8) is 0 Å². The van der Waals surface area contributed by atoms with Gasteiger partial charge in [0, 0.05) is 31.7 Å². The minimum atomic E-state index is -0.762. The molecule has 3 rings (SSSR count). The van der Waals surface area contributed by atoms with Crippen LogP contribution in [-0.4, -0.2) is 39.3 Å². The molecule has 2 N–H and O–H groups in total. The Balaban J connectivity index is 1.76. The van der Waals surface area contributed by atoms with E-state index in [1.54, 1.807) is 30.4 Å². The Morgan fingerprint density at radius 3 is 2.65 bits per heavy atom. The van der Waals surface area contributed by atoms with Crippen molar-refractivity contribution in [1.29, 1.82) is 0 Å². The van der Waals surface area contributed by atoms with E-state index in [0.29, 0.717) is 13.1 Å². The van der Waals surface area contributed by atoms with Gasteiger partial charge in [-0.15, -0.1) is 0 Å². The van der Waals surface area contributed by atoms with E-state index >= 15 is 0 Å². The van der Waals surface area contributed by atoms with Gasteiger partial charge in [0.05, 0.1) is 15.8 Å². The Kier molecular flexibility index (Phi) is 3.72. The summed E-state index contributed by atoms with van der Waals surface area (Å²) in [4.78, 5) is 25.7. The zero-order chi connectivity index (χ0) is 16.9. The molecule has 0 spiro atoms. The second-order valence-corrected chi connectivity index (χ2v) is 7.74. The number of fused-ring (bicyclic) bond motifs is 1. The molecular formula is C16H21N3O3S. The molecule has 23 heavy (non-hydrogen) atoms. The minimum absolute atomic E-state index is 0.0151. The van der Waals surface area contributed by atoms with Gasteiger partial charge in [-0.2, -0.15) is 0 Å². The van der Waals surface area contributed by atoms with Crippen LogP contribution in [0, 0.1) is 12.8 Å². The van der Waals surface area contributed by atoms with Crippen molar-refractivity contribution < 1.29 is 9.90 Å². The first kappa shape index (κ1) is 16.0. The van der Waals surface area contributed by atoms with Crippen molar-refractivity contribution in [2.45, 2.75) is 26.4 Å². The van der Waals surface area contributed by atoms with E-state index in [0.717, 1.165) is 21.5 Å². The van der Waals surface area contributed by atoms with Crippen molar-refractivity contribution in [1.82, 2.24) is 9.47 Å². The van der Waals surface area contributed by atoms with Crippen LogP contribution in [0.1, 0.15) is 19.4 Å². The van der Waals surface area contributed by atoms with Crippen LogP contribution < -0.4 is 10.2 Å². The van der Waals surface area contributed by atoms with Gasteiger partial charge in [0.2, 0.25) is 0 Å². The van der Waals surface area contributed by atoms with E-state index in [1.165, 1.54) is 11.3 Å². The Bertz CT molecular complexity index is 825. The van der Waals surface area contributed by atoms with Gasteiger partial charge < -0.3 is 19.9 Å². The van der Waals surface area contributed by atoms with Crippen molar-refractivity contribution in [2.24, 2.45) is 13.0 Å². The molecule has 0 saturated carbocycles. The maximum absolute atomic E-state index is 12.3. The number of carbonyl (C=O) groups excluding carboxylic acids is 1. The number of aliphatic hydroxyl groups is 1. The van der Waals surface area contributed by atoms with E-state index in [2.05, 4.69) is 5.32 Å². The molecule has 1 saturated heterocycles. The Morgan fingerprint density at radius 1 is 1.39 bits per heavy atom. The van der Waals surface area contributed by atoms with Crippen LogP contribution >= 0.6 is 11.3 Å². The lowest BCUT2D eigenvalue weighted by Crippen LogP contribution is -2.58. The van der Waals surface area contributed by atoms with Gasteiger partial charge >= 0.3 is 10.9 Å². The highest BCUT2D eigenvalue weighted by atomic mass is 32.1. The SMILES string of the molecule is Cc1cc2c(cc1NC(=O)N1CC(C(C)(C)O)C1)sc(=O)n2C. The zero-order valence-electron chi connectivity index (χ0n) is 13.7. The molecule has 1 fully saturated rings. The predicted octanol–water partition coefficient (Wildman–Crippen LogP) is 2.14. The molecule has 1 aliphatic heterocycles. The summed E-state index contributed by atoms with van der Waals surface area (Å²) in [5.74, 6) is 0.108. The largest absolute Gasteiger partial charge is 0.390 e. The van der Waals surface area contributed by atoms with Gasteiger partial charge in [0.15, 0.2) is 0 Å². The first-order chi connectivity index (χ1) is 10.7. The summed E-state index contributed by atoms with van der Waals surface area (Å²) >= 11 is 1.17. The molecule has 1 aliphatic rings. The van der Waals surface area contributed by atoms with Gasteiger partial charge in [-0.1, -0.05) is 11.3 Å². The molecule has 0 aliphatic carbocycles. The number of thiazole rings is 1. The fraction of sp³-hybridized carbons (Fsp3) is 0.500. The third kappa shape index (κ3) is 2.86. The summed E-state index contributed by atoms with van der Waals surface area (Å²) < 4.78 is 2.47. The fourth-order valence-corrected chi connectivity index (χ4v) is 3.60. The molecule has 0 atom stereocenters. The van der Waals surface area contributed by atoms with Crippen LogP contribution in [0.3, 0.4) is 0 Å². The standard InChI is InChI=1S/C16H21N3O3S/c1-9-5-12-13(23-15(21)18(12)4)6-11(9)17-14(20)19-7-10(8-19)16(2,3)22/h5-6,10,22H,7-8H2,1-4H3,(H,17,20). The topological polar surface area (TPSA) is 74.6 Å². The van der Waals surface area contributed by atoms with Crippen molar-refractivity contribution in [2.75, 3.05) is 18.4 Å². The number of amides is 2. The van der Waals surface area contributed by atoms with E-state index in [4.69, 9.17) is 0 Å². The molecule has 124 valence electrons. The molecule has 6 nitrogen and oxygen atoms in total. The highest BCUT2D eigenvalue weighted by Gasteiger charge is 2.39. The third-order valence-corrected chi connectivity index (χ3v) is 5.54. The maximum atomic E-state index is 12.3. The van der Waals surface area contributed by atoms with Crippen molar-refractivity contribution in [3.05, 3.63) is 27.4 Å². The van der Waals surface area contributed by atoms with Crippen LogP contribution in [-0.2, 0) is 7.05 Å². The number of nitrogens with zero attached hydrogens (tertiary/aromatic N) is 2. The molecule has 2 heterocycles. The Morgan fingerprint density at radius 2 is 2.04 bits per heavy atom. The van der Waals surface area contributed by atoms with Crippen LogP contribution in [0.2, 0.25) is 0 Å². The second kappa shape index (κ2) is 5.35. The summed E-state index contributed by atoms with van der Waals surface area (Å²) in [7, 11) is 1.75. The normalized spacial score (nSPS) is 15.8. The Labute approximate surface area is 138 Å². The lowest BCUT2D eigenvalue weighted by molar-refractivity contribution is -0.0440. The number of benzene rings is 1.